The van der Waals surface area contributed by atoms with E-state index in [2.05, 4.69) is 24.3 Å². The lowest BCUT2D eigenvalue weighted by molar-refractivity contribution is -0.386. The molecule has 2 aromatic rings. The van der Waals surface area contributed by atoms with Gasteiger partial charge in [-0.15, -0.1) is 0 Å². The molecule has 0 saturated carbocycles. The first kappa shape index (κ1) is 14.4. The van der Waals surface area contributed by atoms with Crippen LogP contribution in [-0.4, -0.2) is 11.5 Å². The molecule has 0 spiro atoms. The topological polar surface area (TPSA) is 52.4 Å². The average Bonchev–Trinajstić information content (AvgIpc) is 2.61. The molecule has 1 aliphatic heterocycles. The minimum Gasteiger partial charge on any atom is -0.373 e. The van der Waals surface area contributed by atoms with E-state index in [9.17, 15) is 10.1 Å². The zero-order chi connectivity index (χ0) is 15.8. The van der Waals surface area contributed by atoms with Gasteiger partial charge in [-0.25, -0.2) is 0 Å². The quantitative estimate of drug-likeness (QED) is 0.610. The van der Waals surface area contributed by atoms with E-state index < -0.39 is 0 Å². The third-order valence-electron chi connectivity index (χ3n) is 5.27. The Morgan fingerprint density at radius 2 is 1.78 bits per heavy atom. The summed E-state index contributed by atoms with van der Waals surface area (Å²) in [6.45, 7) is 0.690. The predicted octanol–water partition coefficient (Wildman–Crippen LogP) is 4.40. The van der Waals surface area contributed by atoms with Gasteiger partial charge in [0.05, 0.1) is 23.2 Å². The molecule has 0 unspecified atom stereocenters. The summed E-state index contributed by atoms with van der Waals surface area (Å²) in [6.07, 6.45) is 2.89. The van der Waals surface area contributed by atoms with Crippen molar-refractivity contribution in [2.75, 3.05) is 6.61 Å². The van der Waals surface area contributed by atoms with Gasteiger partial charge in [-0.1, -0.05) is 36.4 Å². The van der Waals surface area contributed by atoms with Gasteiger partial charge in [-0.05, 0) is 48.3 Å². The second-order valence-electron chi connectivity index (χ2n) is 6.48. The first-order valence-electron chi connectivity index (χ1n) is 8.17. The van der Waals surface area contributed by atoms with Gasteiger partial charge in [0.15, 0.2) is 0 Å². The third kappa shape index (κ3) is 2.53. The summed E-state index contributed by atoms with van der Waals surface area (Å²) >= 11 is 0. The number of aryl methyl sites for hydroxylation is 1. The molecule has 2 aliphatic rings. The molecule has 1 fully saturated rings. The molecule has 118 valence electrons. The summed E-state index contributed by atoms with van der Waals surface area (Å²) in [4.78, 5) is 11.0. The van der Waals surface area contributed by atoms with E-state index in [0.717, 1.165) is 19.3 Å². The molecular formula is C19H19NO3. The van der Waals surface area contributed by atoms with Gasteiger partial charge >= 0.3 is 0 Å². The van der Waals surface area contributed by atoms with Crippen LogP contribution in [0.5, 0.6) is 0 Å². The van der Waals surface area contributed by atoms with Crippen LogP contribution in [0.2, 0.25) is 0 Å². The summed E-state index contributed by atoms with van der Waals surface area (Å²) in [7, 11) is 0. The van der Waals surface area contributed by atoms with Gasteiger partial charge in [0.1, 0.15) is 0 Å². The summed E-state index contributed by atoms with van der Waals surface area (Å²) in [5, 5.41) is 11.3. The zero-order valence-corrected chi connectivity index (χ0v) is 12.9. The number of benzene rings is 2. The van der Waals surface area contributed by atoms with Crippen LogP contribution in [0.4, 0.5) is 5.69 Å². The van der Waals surface area contributed by atoms with Crippen molar-refractivity contribution in [2.24, 2.45) is 5.92 Å². The van der Waals surface area contributed by atoms with E-state index in [-0.39, 0.29) is 16.7 Å². The predicted molar refractivity (Wildman–Crippen MR) is 87.4 cm³/mol. The van der Waals surface area contributed by atoms with Crippen molar-refractivity contribution in [3.63, 3.8) is 0 Å². The van der Waals surface area contributed by atoms with Crippen LogP contribution in [0, 0.1) is 16.0 Å². The van der Waals surface area contributed by atoms with Crippen molar-refractivity contribution >= 4 is 5.69 Å². The maximum atomic E-state index is 11.3. The summed E-state index contributed by atoms with van der Waals surface area (Å²) < 4.78 is 6.03. The Labute approximate surface area is 135 Å². The smallest absolute Gasteiger partial charge is 0.275 e. The van der Waals surface area contributed by atoms with Crippen LogP contribution in [0.1, 0.15) is 41.6 Å². The first-order chi connectivity index (χ1) is 11.2. The Bertz CT molecular complexity index is 743. The fourth-order valence-corrected chi connectivity index (χ4v) is 4.12. The molecule has 0 bridgehead atoms. The van der Waals surface area contributed by atoms with Crippen LogP contribution in [-0.2, 0) is 11.2 Å². The lowest BCUT2D eigenvalue weighted by Gasteiger charge is -2.40. The van der Waals surface area contributed by atoms with E-state index in [4.69, 9.17) is 4.74 Å². The standard InChI is InChI=1S/C19H19NO3/c21-20(22)18-8-4-3-7-16(18)19-11-17-14(12-23-19)10-9-13-5-1-2-6-15(13)17/h1-8,14,17,19H,9-12H2/t14-,17-,19-/m0/s1. The number of hydrogen-bond acceptors (Lipinski definition) is 3. The second-order valence-corrected chi connectivity index (χ2v) is 6.48. The molecule has 4 heteroatoms. The van der Waals surface area contributed by atoms with Crippen LogP contribution in [0.3, 0.4) is 0 Å². The Balaban J connectivity index is 1.67. The summed E-state index contributed by atoms with van der Waals surface area (Å²) in [5.74, 6) is 0.974. The zero-order valence-electron chi connectivity index (χ0n) is 12.9. The number of hydrogen-bond donors (Lipinski definition) is 0. The molecule has 0 radical (unpaired) electrons. The Kier molecular flexibility index (Phi) is 3.62. The monoisotopic (exact) mass is 309 g/mol. The molecule has 4 rings (SSSR count). The van der Waals surface area contributed by atoms with Crippen LogP contribution in [0.25, 0.3) is 0 Å². The van der Waals surface area contributed by atoms with Crippen molar-refractivity contribution in [1.29, 1.82) is 0 Å². The minimum atomic E-state index is -0.306. The van der Waals surface area contributed by atoms with Gasteiger partial charge in [0, 0.05) is 6.07 Å². The first-order valence-corrected chi connectivity index (χ1v) is 8.17. The highest BCUT2D eigenvalue weighted by Crippen LogP contribution is 2.47. The van der Waals surface area contributed by atoms with E-state index in [1.807, 2.05) is 12.1 Å². The molecule has 0 aromatic heterocycles. The molecular weight excluding hydrogens is 290 g/mol. The van der Waals surface area contributed by atoms with E-state index in [1.165, 1.54) is 11.1 Å². The number of nitro benzene ring substituents is 1. The summed E-state index contributed by atoms with van der Waals surface area (Å²) in [5.41, 5.74) is 3.71. The number of ether oxygens (including phenoxy) is 1. The van der Waals surface area contributed by atoms with Crippen molar-refractivity contribution in [1.82, 2.24) is 0 Å². The molecule has 23 heavy (non-hydrogen) atoms. The SMILES string of the molecule is O=[N+]([O-])c1ccccc1[C@@H]1C[C@@H]2c3ccccc3CC[C@H]2CO1. The third-order valence-corrected chi connectivity index (χ3v) is 5.27. The van der Waals surface area contributed by atoms with Crippen LogP contribution >= 0.6 is 0 Å². The molecule has 2 aromatic carbocycles. The van der Waals surface area contributed by atoms with Gasteiger partial charge in [-0.2, -0.15) is 0 Å². The molecule has 0 N–H and O–H groups in total. The van der Waals surface area contributed by atoms with Crippen LogP contribution in [0.15, 0.2) is 48.5 Å². The normalized spacial score (nSPS) is 26.2. The molecule has 1 heterocycles. The largest absolute Gasteiger partial charge is 0.373 e. The maximum Gasteiger partial charge on any atom is 0.275 e. The van der Waals surface area contributed by atoms with E-state index in [1.54, 1.807) is 12.1 Å². The fourth-order valence-electron chi connectivity index (χ4n) is 4.12. The maximum absolute atomic E-state index is 11.3. The molecule has 1 saturated heterocycles. The molecule has 4 nitrogen and oxygen atoms in total. The highest BCUT2D eigenvalue weighted by atomic mass is 16.6. The highest BCUT2D eigenvalue weighted by molar-refractivity contribution is 5.42. The number of rotatable bonds is 2. The van der Waals surface area contributed by atoms with Crippen LogP contribution < -0.4 is 0 Å². The minimum absolute atomic E-state index is 0.167. The Morgan fingerprint density at radius 1 is 1.04 bits per heavy atom. The van der Waals surface area contributed by atoms with Crippen molar-refractivity contribution in [2.45, 2.75) is 31.3 Å². The van der Waals surface area contributed by atoms with Gasteiger partial charge in [-0.3, -0.25) is 10.1 Å². The van der Waals surface area contributed by atoms with Crippen molar-refractivity contribution in [3.8, 4) is 0 Å². The van der Waals surface area contributed by atoms with Crippen molar-refractivity contribution in [3.05, 3.63) is 75.3 Å². The van der Waals surface area contributed by atoms with E-state index >= 15 is 0 Å². The van der Waals surface area contributed by atoms with Gasteiger partial charge in [0.25, 0.3) is 5.69 Å². The lowest BCUT2D eigenvalue weighted by atomic mass is 9.71. The second kappa shape index (κ2) is 5.78. The van der Waals surface area contributed by atoms with Gasteiger partial charge < -0.3 is 4.74 Å². The average molecular weight is 309 g/mol. The number of nitro groups is 1. The van der Waals surface area contributed by atoms with Gasteiger partial charge in [0.2, 0.25) is 0 Å². The number of fused-ring (bicyclic) bond motifs is 3. The molecule has 1 aliphatic carbocycles. The lowest BCUT2D eigenvalue weighted by Crippen LogP contribution is -2.32. The molecule has 3 atom stereocenters. The Morgan fingerprint density at radius 3 is 2.61 bits per heavy atom. The highest BCUT2D eigenvalue weighted by Gasteiger charge is 2.38. The molecule has 0 amide bonds. The summed E-state index contributed by atoms with van der Waals surface area (Å²) in [6, 6.07) is 15.6. The van der Waals surface area contributed by atoms with E-state index in [0.29, 0.717) is 24.0 Å². The Hall–Kier alpha value is -2.20. The van der Waals surface area contributed by atoms with Crippen molar-refractivity contribution < 1.29 is 9.66 Å². The fraction of sp³-hybridized carbons (Fsp3) is 0.368. The number of para-hydroxylation sites is 1. The number of nitrogens with zero attached hydrogens (tertiary/aromatic N) is 1.